The maximum atomic E-state index is 15.2. The number of halogens is 3. The van der Waals surface area contributed by atoms with E-state index in [0.717, 1.165) is 17.0 Å². The minimum absolute atomic E-state index is 0.0379. The van der Waals surface area contributed by atoms with Gasteiger partial charge in [0.1, 0.15) is 17.0 Å². The summed E-state index contributed by atoms with van der Waals surface area (Å²) < 4.78 is 43.8. The molecule has 0 spiro atoms. The van der Waals surface area contributed by atoms with Crippen LogP contribution in [0.4, 0.5) is 18.9 Å². The predicted molar refractivity (Wildman–Crippen MR) is 135 cm³/mol. The van der Waals surface area contributed by atoms with Crippen LogP contribution in [0.3, 0.4) is 0 Å². The van der Waals surface area contributed by atoms with Gasteiger partial charge in [-0.25, -0.2) is 13.2 Å². The first-order valence-electron chi connectivity index (χ1n) is 11.8. The van der Waals surface area contributed by atoms with Crippen molar-refractivity contribution in [1.29, 1.82) is 0 Å². The first kappa shape index (κ1) is 26.5. The minimum Gasteiger partial charge on any atom is -0.344 e. The molecule has 0 aliphatic carbocycles. The molecule has 0 saturated carbocycles. The van der Waals surface area contributed by atoms with E-state index in [2.05, 4.69) is 17.2 Å². The molecule has 1 saturated heterocycles. The van der Waals surface area contributed by atoms with E-state index in [4.69, 9.17) is 0 Å². The molecule has 3 aromatic rings. The Kier molecular flexibility index (Phi) is 7.82. The standard InChI is InChI=1S/C29H24F3N3O3/c1-29(33-19-36)17-26(37)35(14-13-34(28(29)38)18-21-9-11-23(30)12-10-21)27-24(31)15-22(16-25(27)32)8-7-20-5-3-2-4-6-20/h2-6,9-12,15-16,19H,13-14,17-18H2,1H3,(H,33,36). The average molecular weight is 520 g/mol. The predicted octanol–water partition coefficient (Wildman–Crippen LogP) is 3.77. The van der Waals surface area contributed by atoms with E-state index >= 15 is 8.78 Å². The van der Waals surface area contributed by atoms with Crippen molar-refractivity contribution in [2.45, 2.75) is 25.4 Å². The highest BCUT2D eigenvalue weighted by molar-refractivity contribution is 6.00. The molecule has 1 heterocycles. The molecule has 3 aromatic carbocycles. The molecule has 38 heavy (non-hydrogen) atoms. The smallest absolute Gasteiger partial charge is 0.248 e. The number of anilines is 1. The third kappa shape index (κ3) is 5.86. The summed E-state index contributed by atoms with van der Waals surface area (Å²) in [5.74, 6) is 1.84. The summed E-state index contributed by atoms with van der Waals surface area (Å²) in [6.45, 7) is 1.12. The van der Waals surface area contributed by atoms with Gasteiger partial charge in [-0.15, -0.1) is 0 Å². The fourth-order valence-electron chi connectivity index (χ4n) is 4.27. The number of rotatable bonds is 5. The Morgan fingerprint density at radius 1 is 0.921 bits per heavy atom. The van der Waals surface area contributed by atoms with Crippen LogP contribution < -0.4 is 10.2 Å². The second kappa shape index (κ2) is 11.2. The van der Waals surface area contributed by atoms with Crippen molar-refractivity contribution >= 4 is 23.9 Å². The van der Waals surface area contributed by atoms with Crippen LogP contribution in [-0.2, 0) is 20.9 Å². The molecule has 1 N–H and O–H groups in total. The molecule has 194 valence electrons. The SMILES string of the molecule is CC1(NC=O)CC(=O)N(c2c(F)cc(C#Cc3ccccc3)cc2F)CCN(Cc2ccc(F)cc2)C1=O. The van der Waals surface area contributed by atoms with E-state index < -0.39 is 46.9 Å². The zero-order valence-electron chi connectivity index (χ0n) is 20.5. The molecule has 3 amide bonds. The number of nitrogens with zero attached hydrogens (tertiary/aromatic N) is 2. The molecule has 0 bridgehead atoms. The molecule has 4 rings (SSSR count). The Labute approximate surface area is 218 Å². The summed E-state index contributed by atoms with van der Waals surface area (Å²) in [5, 5.41) is 2.39. The van der Waals surface area contributed by atoms with Crippen LogP contribution in [0.25, 0.3) is 0 Å². The van der Waals surface area contributed by atoms with E-state index in [-0.39, 0.29) is 25.2 Å². The molecule has 0 aromatic heterocycles. The summed E-state index contributed by atoms with van der Waals surface area (Å²) in [5.41, 5.74) is -0.863. The Balaban J connectivity index is 1.66. The van der Waals surface area contributed by atoms with E-state index in [1.165, 1.54) is 36.1 Å². The minimum atomic E-state index is -1.66. The number of carbonyl (C=O) groups excluding carboxylic acids is 3. The molecule has 6 nitrogen and oxygen atoms in total. The highest BCUT2D eigenvalue weighted by Crippen LogP contribution is 2.29. The number of hydrogen-bond donors (Lipinski definition) is 1. The summed E-state index contributed by atoms with van der Waals surface area (Å²) in [6, 6.07) is 16.5. The monoisotopic (exact) mass is 519 g/mol. The van der Waals surface area contributed by atoms with Gasteiger partial charge in [0.2, 0.25) is 18.2 Å². The molecule has 1 unspecified atom stereocenters. The second-order valence-corrected chi connectivity index (χ2v) is 9.07. The summed E-state index contributed by atoms with van der Waals surface area (Å²) >= 11 is 0. The lowest BCUT2D eigenvalue weighted by atomic mass is 9.93. The van der Waals surface area contributed by atoms with Crippen LogP contribution in [0.5, 0.6) is 0 Å². The Hall–Kier alpha value is -4.58. The summed E-state index contributed by atoms with van der Waals surface area (Å²) in [7, 11) is 0. The summed E-state index contributed by atoms with van der Waals surface area (Å²) in [4.78, 5) is 40.1. The first-order valence-corrected chi connectivity index (χ1v) is 11.8. The highest BCUT2D eigenvalue weighted by Gasteiger charge is 2.42. The van der Waals surface area contributed by atoms with Crippen LogP contribution in [0.1, 0.15) is 30.0 Å². The molecule has 1 aliphatic heterocycles. The zero-order chi connectivity index (χ0) is 27.3. The third-order valence-corrected chi connectivity index (χ3v) is 6.23. The van der Waals surface area contributed by atoms with Crippen LogP contribution in [0, 0.1) is 29.3 Å². The van der Waals surface area contributed by atoms with E-state index in [1.807, 2.05) is 6.07 Å². The fourth-order valence-corrected chi connectivity index (χ4v) is 4.27. The van der Waals surface area contributed by atoms with E-state index in [9.17, 15) is 18.8 Å². The van der Waals surface area contributed by atoms with Gasteiger partial charge in [-0.3, -0.25) is 14.4 Å². The Morgan fingerprint density at radius 2 is 1.55 bits per heavy atom. The van der Waals surface area contributed by atoms with Gasteiger partial charge in [0.25, 0.3) is 0 Å². The maximum absolute atomic E-state index is 15.2. The zero-order valence-corrected chi connectivity index (χ0v) is 20.5. The van der Waals surface area contributed by atoms with Crippen LogP contribution in [0.2, 0.25) is 0 Å². The second-order valence-electron chi connectivity index (χ2n) is 9.07. The molecule has 9 heteroatoms. The van der Waals surface area contributed by atoms with Crippen molar-refractivity contribution in [3.63, 3.8) is 0 Å². The molecule has 1 fully saturated rings. The van der Waals surface area contributed by atoms with Gasteiger partial charge in [0, 0.05) is 30.8 Å². The van der Waals surface area contributed by atoms with Crippen molar-refractivity contribution in [3.05, 3.63) is 101 Å². The fraction of sp³-hybridized carbons (Fsp3) is 0.207. The third-order valence-electron chi connectivity index (χ3n) is 6.23. The van der Waals surface area contributed by atoms with Gasteiger partial charge in [-0.2, -0.15) is 0 Å². The van der Waals surface area contributed by atoms with Gasteiger partial charge < -0.3 is 15.1 Å². The summed E-state index contributed by atoms with van der Waals surface area (Å²) in [6.07, 6.45) is -0.229. The van der Waals surface area contributed by atoms with Crippen molar-refractivity contribution in [2.75, 3.05) is 18.0 Å². The molecule has 1 atom stereocenters. The molecular formula is C29H24F3N3O3. The first-order chi connectivity index (χ1) is 18.2. The average Bonchev–Trinajstić information content (AvgIpc) is 2.89. The van der Waals surface area contributed by atoms with E-state index in [1.54, 1.807) is 24.3 Å². The van der Waals surface area contributed by atoms with Gasteiger partial charge >= 0.3 is 0 Å². The Morgan fingerprint density at radius 3 is 2.18 bits per heavy atom. The molecular weight excluding hydrogens is 495 g/mol. The normalized spacial score (nSPS) is 17.8. The largest absolute Gasteiger partial charge is 0.344 e. The lowest BCUT2D eigenvalue weighted by Gasteiger charge is -2.39. The van der Waals surface area contributed by atoms with Gasteiger partial charge in [0.05, 0.1) is 6.42 Å². The molecule has 0 radical (unpaired) electrons. The highest BCUT2D eigenvalue weighted by atomic mass is 19.1. The number of benzene rings is 3. The maximum Gasteiger partial charge on any atom is 0.248 e. The Bertz CT molecular complexity index is 1390. The topological polar surface area (TPSA) is 69.7 Å². The van der Waals surface area contributed by atoms with Crippen molar-refractivity contribution in [1.82, 2.24) is 10.2 Å². The van der Waals surface area contributed by atoms with Gasteiger partial charge in [0.15, 0.2) is 11.6 Å². The van der Waals surface area contributed by atoms with Crippen molar-refractivity contribution < 1.29 is 27.6 Å². The van der Waals surface area contributed by atoms with Crippen molar-refractivity contribution in [3.8, 4) is 11.8 Å². The number of carbonyl (C=O) groups is 3. The lowest BCUT2D eigenvalue weighted by molar-refractivity contribution is -0.143. The van der Waals surface area contributed by atoms with Crippen LogP contribution in [-0.4, -0.2) is 41.8 Å². The van der Waals surface area contributed by atoms with Gasteiger partial charge in [-0.1, -0.05) is 42.2 Å². The number of hydrogen-bond acceptors (Lipinski definition) is 3. The van der Waals surface area contributed by atoms with Gasteiger partial charge in [-0.05, 0) is 48.9 Å². The van der Waals surface area contributed by atoms with Crippen molar-refractivity contribution in [2.24, 2.45) is 0 Å². The lowest BCUT2D eigenvalue weighted by Crippen LogP contribution is -2.61. The van der Waals surface area contributed by atoms with Crippen LogP contribution in [0.15, 0.2) is 66.7 Å². The number of amides is 3. The number of nitrogens with one attached hydrogen (secondary N) is 1. The molecule has 1 aliphatic rings. The van der Waals surface area contributed by atoms with Crippen LogP contribution >= 0.6 is 0 Å². The quantitative estimate of drug-likeness (QED) is 0.412. The van der Waals surface area contributed by atoms with E-state index in [0.29, 0.717) is 17.5 Å².